The van der Waals surface area contributed by atoms with E-state index in [1.807, 2.05) is 12.1 Å². The first-order chi connectivity index (χ1) is 7.56. The van der Waals surface area contributed by atoms with Gasteiger partial charge in [0.15, 0.2) is 0 Å². The molecule has 3 nitrogen and oxygen atoms in total. The van der Waals surface area contributed by atoms with E-state index < -0.39 is 11.4 Å². The zero-order valence-electron chi connectivity index (χ0n) is 8.57. The van der Waals surface area contributed by atoms with Crippen molar-refractivity contribution in [1.82, 2.24) is 0 Å². The molecular formula is C12H11BrO3. The summed E-state index contributed by atoms with van der Waals surface area (Å²) in [5, 5.41) is 9.39. The highest BCUT2D eigenvalue weighted by Crippen LogP contribution is 2.42. The molecule has 0 aliphatic heterocycles. The molecule has 0 saturated heterocycles. The minimum atomic E-state index is -1.03. The number of carboxylic acids is 1. The van der Waals surface area contributed by atoms with Gasteiger partial charge in [-0.15, -0.1) is 0 Å². The van der Waals surface area contributed by atoms with Gasteiger partial charge in [-0.3, -0.25) is 9.59 Å². The van der Waals surface area contributed by atoms with Crippen molar-refractivity contribution in [1.29, 1.82) is 0 Å². The Hall–Kier alpha value is -1.16. The molecule has 0 radical (unpaired) electrons. The Bertz CT molecular complexity index is 455. The quantitative estimate of drug-likeness (QED) is 0.907. The van der Waals surface area contributed by atoms with Crippen LogP contribution in [0.2, 0.25) is 0 Å². The van der Waals surface area contributed by atoms with E-state index in [2.05, 4.69) is 15.9 Å². The molecule has 0 bridgehead atoms. The first kappa shape index (κ1) is 11.3. The lowest BCUT2D eigenvalue weighted by molar-refractivity contribution is -0.144. The van der Waals surface area contributed by atoms with Gasteiger partial charge in [-0.2, -0.15) is 0 Å². The van der Waals surface area contributed by atoms with E-state index in [-0.39, 0.29) is 12.2 Å². The summed E-state index contributed by atoms with van der Waals surface area (Å²) in [7, 11) is 0. The number of hydrogen-bond acceptors (Lipinski definition) is 2. The topological polar surface area (TPSA) is 54.4 Å². The van der Waals surface area contributed by atoms with Crippen LogP contribution in [-0.4, -0.2) is 16.9 Å². The van der Waals surface area contributed by atoms with Crippen LogP contribution in [0.25, 0.3) is 0 Å². The van der Waals surface area contributed by atoms with Crippen LogP contribution >= 0.6 is 15.9 Å². The number of rotatable bonds is 2. The Morgan fingerprint density at radius 2 is 2.06 bits per heavy atom. The van der Waals surface area contributed by atoms with Gasteiger partial charge in [0.25, 0.3) is 0 Å². The minimum absolute atomic E-state index is 0.0261. The van der Waals surface area contributed by atoms with Crippen molar-refractivity contribution >= 4 is 27.7 Å². The Kier molecular flexibility index (Phi) is 2.84. The number of halogens is 1. The van der Waals surface area contributed by atoms with Gasteiger partial charge in [0.1, 0.15) is 11.2 Å². The second-order valence-corrected chi connectivity index (χ2v) is 4.94. The van der Waals surface area contributed by atoms with Crippen molar-refractivity contribution in [2.75, 3.05) is 0 Å². The van der Waals surface area contributed by atoms with E-state index in [4.69, 9.17) is 0 Å². The van der Waals surface area contributed by atoms with Crippen LogP contribution in [0.1, 0.15) is 24.8 Å². The third kappa shape index (κ3) is 1.67. The van der Waals surface area contributed by atoms with Crippen molar-refractivity contribution in [2.45, 2.75) is 24.7 Å². The van der Waals surface area contributed by atoms with E-state index in [1.165, 1.54) is 0 Å². The van der Waals surface area contributed by atoms with E-state index >= 15 is 0 Å². The number of benzene rings is 1. The lowest BCUT2D eigenvalue weighted by Gasteiger charge is -2.24. The van der Waals surface area contributed by atoms with E-state index in [0.717, 1.165) is 4.47 Å². The Morgan fingerprint density at radius 1 is 1.38 bits per heavy atom. The number of carbonyl (C=O) groups is 2. The monoisotopic (exact) mass is 282 g/mol. The van der Waals surface area contributed by atoms with Gasteiger partial charge in [-0.1, -0.05) is 34.1 Å². The molecule has 0 amide bonds. The van der Waals surface area contributed by atoms with E-state index in [9.17, 15) is 14.7 Å². The highest BCUT2D eigenvalue weighted by molar-refractivity contribution is 9.10. The number of carboxylic acid groups (broad SMARTS) is 1. The van der Waals surface area contributed by atoms with E-state index in [1.54, 1.807) is 12.1 Å². The molecule has 16 heavy (non-hydrogen) atoms. The van der Waals surface area contributed by atoms with Crippen molar-refractivity contribution in [3.05, 3.63) is 34.3 Å². The summed E-state index contributed by atoms with van der Waals surface area (Å²) in [4.78, 5) is 22.8. The predicted octanol–water partition coefficient (Wildman–Crippen LogP) is 2.52. The maximum atomic E-state index is 11.4. The number of Topliss-reactive ketones (excluding diaryl/α,β-unsaturated/α-hetero) is 1. The summed E-state index contributed by atoms with van der Waals surface area (Å²) in [6.45, 7) is 0. The maximum absolute atomic E-state index is 11.4. The van der Waals surface area contributed by atoms with Crippen LogP contribution in [0.15, 0.2) is 28.7 Å². The molecule has 1 atom stereocenters. The van der Waals surface area contributed by atoms with Crippen molar-refractivity contribution in [2.24, 2.45) is 0 Å². The van der Waals surface area contributed by atoms with Gasteiger partial charge in [0.05, 0.1) is 0 Å². The number of ketones is 1. The Labute approximate surface area is 102 Å². The fourth-order valence-corrected chi connectivity index (χ4v) is 2.91. The fourth-order valence-electron chi connectivity index (χ4n) is 2.24. The largest absolute Gasteiger partial charge is 0.481 e. The first-order valence-electron chi connectivity index (χ1n) is 5.06. The van der Waals surface area contributed by atoms with Crippen LogP contribution in [0.5, 0.6) is 0 Å². The highest BCUT2D eigenvalue weighted by Gasteiger charge is 2.47. The van der Waals surface area contributed by atoms with Crippen LogP contribution in [0.3, 0.4) is 0 Å². The van der Waals surface area contributed by atoms with Crippen LogP contribution in [0, 0.1) is 0 Å². The molecule has 1 aromatic carbocycles. The van der Waals surface area contributed by atoms with Gasteiger partial charge < -0.3 is 5.11 Å². The average molecular weight is 283 g/mol. The van der Waals surface area contributed by atoms with Crippen molar-refractivity contribution in [3.63, 3.8) is 0 Å². The predicted molar refractivity (Wildman–Crippen MR) is 62.3 cm³/mol. The molecular weight excluding hydrogens is 272 g/mol. The summed E-state index contributed by atoms with van der Waals surface area (Å²) in [6.07, 6.45) is 0.850. The lowest BCUT2D eigenvalue weighted by atomic mass is 9.79. The smallest absolute Gasteiger partial charge is 0.314 e. The van der Waals surface area contributed by atoms with Crippen LogP contribution in [0.4, 0.5) is 0 Å². The SMILES string of the molecule is O=C1CCC(C(=O)O)(c2ccccc2Br)C1. The second kappa shape index (κ2) is 4.01. The molecule has 0 aromatic heterocycles. The average Bonchev–Trinajstić information content (AvgIpc) is 2.62. The summed E-state index contributed by atoms with van der Waals surface area (Å²) in [6, 6.07) is 7.22. The second-order valence-electron chi connectivity index (χ2n) is 4.08. The molecule has 1 fully saturated rings. The summed E-state index contributed by atoms with van der Waals surface area (Å²) < 4.78 is 0.757. The molecule has 1 aromatic rings. The summed E-state index contributed by atoms with van der Waals surface area (Å²) >= 11 is 3.36. The van der Waals surface area contributed by atoms with Gasteiger partial charge >= 0.3 is 5.97 Å². The first-order valence-corrected chi connectivity index (χ1v) is 5.86. The van der Waals surface area contributed by atoms with Crippen molar-refractivity contribution < 1.29 is 14.7 Å². The minimum Gasteiger partial charge on any atom is -0.481 e. The molecule has 1 unspecified atom stereocenters. The van der Waals surface area contributed by atoms with Crippen LogP contribution in [-0.2, 0) is 15.0 Å². The molecule has 1 aliphatic rings. The maximum Gasteiger partial charge on any atom is 0.314 e. The van der Waals surface area contributed by atoms with Gasteiger partial charge in [0, 0.05) is 17.3 Å². The zero-order valence-corrected chi connectivity index (χ0v) is 10.2. The summed E-state index contributed by atoms with van der Waals surface area (Å²) in [5.41, 5.74) is -0.328. The normalized spacial score (nSPS) is 24.7. The van der Waals surface area contributed by atoms with Gasteiger partial charge in [-0.05, 0) is 18.1 Å². The number of carbonyl (C=O) groups excluding carboxylic acids is 1. The molecule has 0 heterocycles. The van der Waals surface area contributed by atoms with Gasteiger partial charge in [0.2, 0.25) is 0 Å². The lowest BCUT2D eigenvalue weighted by Crippen LogP contribution is -2.33. The van der Waals surface area contributed by atoms with Gasteiger partial charge in [-0.25, -0.2) is 0 Å². The number of hydrogen-bond donors (Lipinski definition) is 1. The molecule has 0 spiro atoms. The summed E-state index contributed by atoms with van der Waals surface area (Å²) in [5.74, 6) is -0.886. The third-order valence-corrected chi connectivity index (χ3v) is 3.82. The molecule has 2 rings (SSSR count). The van der Waals surface area contributed by atoms with E-state index in [0.29, 0.717) is 18.4 Å². The highest BCUT2D eigenvalue weighted by atomic mass is 79.9. The third-order valence-electron chi connectivity index (χ3n) is 3.13. The Morgan fingerprint density at radius 3 is 2.56 bits per heavy atom. The Balaban J connectivity index is 2.53. The number of aliphatic carboxylic acids is 1. The zero-order chi connectivity index (χ0) is 11.8. The molecule has 84 valence electrons. The fraction of sp³-hybridized carbons (Fsp3) is 0.333. The standard InChI is InChI=1S/C12H11BrO3/c13-10-4-2-1-3-9(10)12(11(15)16)6-5-8(14)7-12/h1-4H,5-7H2,(H,15,16). The molecule has 1 N–H and O–H groups in total. The van der Waals surface area contributed by atoms with Crippen LogP contribution < -0.4 is 0 Å². The van der Waals surface area contributed by atoms with Crippen molar-refractivity contribution in [3.8, 4) is 0 Å². The molecule has 1 saturated carbocycles. The molecule has 1 aliphatic carbocycles. The molecule has 4 heteroatoms.